The molecule has 2 aliphatic rings. The summed E-state index contributed by atoms with van der Waals surface area (Å²) in [6.07, 6.45) is 2.54. The van der Waals surface area contributed by atoms with Crippen LogP contribution in [0.4, 0.5) is 0 Å². The van der Waals surface area contributed by atoms with Gasteiger partial charge in [0.1, 0.15) is 0 Å². The van der Waals surface area contributed by atoms with Crippen LogP contribution in [0.3, 0.4) is 0 Å². The molecule has 2 fully saturated rings. The molecule has 0 aromatic rings. The Kier molecular flexibility index (Phi) is 1.66. The van der Waals surface area contributed by atoms with E-state index in [-0.39, 0.29) is 18.0 Å². The molecule has 0 radical (unpaired) electrons. The number of nitrogens with zero attached hydrogens (tertiary/aromatic N) is 3. The number of carbonyl (C=O) groups is 1. The lowest BCUT2D eigenvalue weighted by molar-refractivity contribution is -0.119. The van der Waals surface area contributed by atoms with Crippen molar-refractivity contribution >= 4 is 5.91 Å². The molecule has 1 aliphatic carbocycles. The highest BCUT2D eigenvalue weighted by Gasteiger charge is 2.41. The van der Waals surface area contributed by atoms with Crippen LogP contribution in [0.1, 0.15) is 19.3 Å². The second-order valence-corrected chi connectivity index (χ2v) is 3.41. The summed E-state index contributed by atoms with van der Waals surface area (Å²) < 4.78 is 0. The molecule has 64 valence electrons. The minimum atomic E-state index is -0.00792. The normalized spacial score (nSPS) is 38.7. The molecule has 1 saturated carbocycles. The summed E-state index contributed by atoms with van der Waals surface area (Å²) in [5, 5.41) is 6.51. The second kappa shape index (κ2) is 2.68. The van der Waals surface area contributed by atoms with Crippen molar-refractivity contribution in [1.29, 1.82) is 0 Å². The van der Waals surface area contributed by atoms with Gasteiger partial charge in [0.2, 0.25) is 5.91 Å². The molecule has 2 rings (SSSR count). The van der Waals surface area contributed by atoms with Crippen LogP contribution in [0.5, 0.6) is 0 Å². The third kappa shape index (κ3) is 1.02. The molecule has 1 amide bonds. The van der Waals surface area contributed by atoms with Gasteiger partial charge in [0.15, 0.2) is 0 Å². The minimum Gasteiger partial charge on any atom is -0.353 e. The predicted octanol–water partition coefficient (Wildman–Crippen LogP) is 0.964. The van der Waals surface area contributed by atoms with Crippen LogP contribution in [-0.2, 0) is 4.79 Å². The summed E-state index contributed by atoms with van der Waals surface area (Å²) in [5.41, 5.74) is 8.26. The molecule has 3 atom stereocenters. The maximum atomic E-state index is 11.0. The first kappa shape index (κ1) is 7.43. The molecular weight excluding hydrogens is 156 g/mol. The molecule has 12 heavy (non-hydrogen) atoms. The molecule has 1 heterocycles. The van der Waals surface area contributed by atoms with E-state index in [9.17, 15) is 4.79 Å². The molecule has 0 bridgehead atoms. The largest absolute Gasteiger partial charge is 0.353 e. The highest BCUT2D eigenvalue weighted by Crippen LogP contribution is 2.34. The van der Waals surface area contributed by atoms with Crippen molar-refractivity contribution in [1.82, 2.24) is 5.32 Å². The topological polar surface area (TPSA) is 77.9 Å². The molecule has 5 heteroatoms. The fraction of sp³-hybridized carbons (Fsp3) is 0.857. The van der Waals surface area contributed by atoms with E-state index in [0.717, 1.165) is 12.8 Å². The van der Waals surface area contributed by atoms with Gasteiger partial charge in [-0.05, 0) is 24.3 Å². The Hall–Kier alpha value is -1.22. The Balaban J connectivity index is 2.12. The number of nitrogens with one attached hydrogen (secondary N) is 1. The first-order valence-corrected chi connectivity index (χ1v) is 4.15. The van der Waals surface area contributed by atoms with Crippen molar-refractivity contribution in [3.05, 3.63) is 10.4 Å². The summed E-state index contributed by atoms with van der Waals surface area (Å²) in [6.45, 7) is 0. The molecule has 0 aromatic carbocycles. The molecule has 0 unspecified atom stereocenters. The Bertz CT molecular complexity index is 258. The van der Waals surface area contributed by atoms with Gasteiger partial charge in [-0.2, -0.15) is 0 Å². The smallest absolute Gasteiger partial charge is 0.220 e. The summed E-state index contributed by atoms with van der Waals surface area (Å²) in [5.74, 6) is 0.510. The van der Waals surface area contributed by atoms with Gasteiger partial charge in [-0.3, -0.25) is 4.79 Å². The zero-order valence-corrected chi connectivity index (χ0v) is 6.60. The zero-order valence-electron chi connectivity index (χ0n) is 6.60. The predicted molar refractivity (Wildman–Crippen MR) is 42.2 cm³/mol. The average molecular weight is 166 g/mol. The van der Waals surface area contributed by atoms with Gasteiger partial charge in [0.25, 0.3) is 0 Å². The van der Waals surface area contributed by atoms with Crippen LogP contribution in [0.15, 0.2) is 5.11 Å². The lowest BCUT2D eigenvalue weighted by atomic mass is 10.0. The van der Waals surface area contributed by atoms with Crippen LogP contribution in [0.25, 0.3) is 10.4 Å². The summed E-state index contributed by atoms with van der Waals surface area (Å²) in [6, 6.07) is 0.111. The zero-order chi connectivity index (χ0) is 8.55. The summed E-state index contributed by atoms with van der Waals surface area (Å²) in [7, 11) is 0. The van der Waals surface area contributed by atoms with E-state index < -0.39 is 0 Å². The monoisotopic (exact) mass is 166 g/mol. The number of azide groups is 1. The van der Waals surface area contributed by atoms with Crippen molar-refractivity contribution in [3.63, 3.8) is 0 Å². The molecule has 1 saturated heterocycles. The minimum absolute atomic E-state index is 0.00792. The highest BCUT2D eigenvalue weighted by atomic mass is 16.2. The molecule has 0 spiro atoms. The van der Waals surface area contributed by atoms with Crippen LogP contribution in [-0.4, -0.2) is 18.0 Å². The SMILES string of the molecule is [N-]=[N+]=N[C@H]1CC[C@@H]2CC(=O)N[C@@H]21. The third-order valence-corrected chi connectivity index (χ3v) is 2.73. The van der Waals surface area contributed by atoms with E-state index in [1.807, 2.05) is 0 Å². The third-order valence-electron chi connectivity index (χ3n) is 2.73. The summed E-state index contributed by atoms with van der Waals surface area (Å²) in [4.78, 5) is 13.7. The van der Waals surface area contributed by atoms with Gasteiger partial charge < -0.3 is 5.32 Å². The Labute approximate surface area is 69.8 Å². The van der Waals surface area contributed by atoms with Gasteiger partial charge in [0.05, 0.1) is 6.04 Å². The number of rotatable bonds is 1. The Morgan fingerprint density at radius 3 is 3.17 bits per heavy atom. The van der Waals surface area contributed by atoms with Gasteiger partial charge in [-0.1, -0.05) is 5.11 Å². The maximum Gasteiger partial charge on any atom is 0.220 e. The fourth-order valence-corrected chi connectivity index (χ4v) is 2.18. The molecule has 0 aromatic heterocycles. The van der Waals surface area contributed by atoms with Crippen LogP contribution in [0, 0.1) is 5.92 Å². The van der Waals surface area contributed by atoms with Crippen molar-refractivity contribution in [2.45, 2.75) is 31.3 Å². The first-order valence-electron chi connectivity index (χ1n) is 4.15. The van der Waals surface area contributed by atoms with Crippen molar-refractivity contribution in [3.8, 4) is 0 Å². The highest BCUT2D eigenvalue weighted by molar-refractivity contribution is 5.79. The fourth-order valence-electron chi connectivity index (χ4n) is 2.18. The average Bonchev–Trinajstić information content (AvgIpc) is 2.52. The summed E-state index contributed by atoms with van der Waals surface area (Å²) >= 11 is 0. The van der Waals surface area contributed by atoms with Crippen molar-refractivity contribution in [2.24, 2.45) is 11.0 Å². The van der Waals surface area contributed by atoms with Gasteiger partial charge >= 0.3 is 0 Å². The van der Waals surface area contributed by atoms with Gasteiger partial charge in [-0.15, -0.1) is 0 Å². The molecule has 5 nitrogen and oxygen atoms in total. The van der Waals surface area contributed by atoms with Gasteiger partial charge in [0, 0.05) is 17.4 Å². The maximum absolute atomic E-state index is 11.0. The molecule has 1 aliphatic heterocycles. The van der Waals surface area contributed by atoms with Crippen molar-refractivity contribution in [2.75, 3.05) is 0 Å². The quantitative estimate of drug-likeness (QED) is 0.351. The standard InChI is InChI=1S/C7H10N4O/c8-11-10-5-2-1-4-3-6(12)9-7(4)5/h4-5,7H,1-3H2,(H,9,12)/t4-,5+,7+/m1/s1. The molecular formula is C7H10N4O. The van der Waals surface area contributed by atoms with Crippen LogP contribution in [0.2, 0.25) is 0 Å². The van der Waals surface area contributed by atoms with E-state index >= 15 is 0 Å². The molecule has 1 N–H and O–H groups in total. The van der Waals surface area contributed by atoms with Crippen LogP contribution < -0.4 is 5.32 Å². The van der Waals surface area contributed by atoms with Gasteiger partial charge in [-0.25, -0.2) is 0 Å². The van der Waals surface area contributed by atoms with Crippen molar-refractivity contribution < 1.29 is 4.79 Å². The Morgan fingerprint density at radius 1 is 1.58 bits per heavy atom. The number of hydrogen-bond acceptors (Lipinski definition) is 2. The number of fused-ring (bicyclic) bond motifs is 1. The van der Waals surface area contributed by atoms with E-state index in [0.29, 0.717) is 12.3 Å². The van der Waals surface area contributed by atoms with Crippen LogP contribution >= 0.6 is 0 Å². The lowest BCUT2D eigenvalue weighted by Crippen LogP contribution is -2.34. The second-order valence-electron chi connectivity index (χ2n) is 3.41. The lowest BCUT2D eigenvalue weighted by Gasteiger charge is -2.12. The number of hydrogen-bond donors (Lipinski definition) is 1. The van der Waals surface area contributed by atoms with E-state index in [1.165, 1.54) is 0 Å². The Morgan fingerprint density at radius 2 is 2.42 bits per heavy atom. The number of amides is 1. The van der Waals surface area contributed by atoms with E-state index in [4.69, 9.17) is 5.53 Å². The first-order chi connectivity index (χ1) is 5.81. The number of carbonyl (C=O) groups excluding carboxylic acids is 1. The van der Waals surface area contributed by atoms with E-state index in [2.05, 4.69) is 15.3 Å². The van der Waals surface area contributed by atoms with E-state index in [1.54, 1.807) is 0 Å².